The van der Waals surface area contributed by atoms with Crippen molar-refractivity contribution in [2.24, 2.45) is 5.73 Å². The van der Waals surface area contributed by atoms with Gasteiger partial charge in [0.1, 0.15) is 5.75 Å². The fraction of sp³-hybridized carbons (Fsp3) is 0.409. The van der Waals surface area contributed by atoms with E-state index < -0.39 is 17.8 Å². The first kappa shape index (κ1) is 22.7. The van der Waals surface area contributed by atoms with Crippen molar-refractivity contribution in [3.63, 3.8) is 0 Å². The van der Waals surface area contributed by atoms with Gasteiger partial charge in [-0.25, -0.2) is 4.79 Å². The van der Waals surface area contributed by atoms with Gasteiger partial charge in [-0.15, -0.1) is 0 Å². The predicted molar refractivity (Wildman–Crippen MR) is 111 cm³/mol. The zero-order valence-electron chi connectivity index (χ0n) is 17.3. The highest BCUT2D eigenvalue weighted by molar-refractivity contribution is 5.64. The van der Waals surface area contributed by atoms with Crippen LogP contribution in [0.25, 0.3) is 0 Å². The highest BCUT2D eigenvalue weighted by atomic mass is 19.4. The van der Waals surface area contributed by atoms with Crippen LogP contribution in [-0.2, 0) is 10.9 Å². The zero-order valence-corrected chi connectivity index (χ0v) is 17.3. The van der Waals surface area contributed by atoms with Crippen molar-refractivity contribution in [2.75, 3.05) is 44.8 Å². The minimum Gasteiger partial charge on any atom is -0.497 e. The van der Waals surface area contributed by atoms with E-state index in [1.165, 1.54) is 12.1 Å². The lowest BCUT2D eigenvalue weighted by Crippen LogP contribution is -2.48. The lowest BCUT2D eigenvalue weighted by Gasteiger charge is -2.40. The summed E-state index contributed by atoms with van der Waals surface area (Å²) in [7, 11) is 1.62. The SMILES string of the molecule is COc1ccc(N2CCN(C(CCOC(N)=O)c3ccc(C(F)(F)F)cc3)CC2)cc1. The van der Waals surface area contributed by atoms with Crippen molar-refractivity contribution in [1.29, 1.82) is 0 Å². The van der Waals surface area contributed by atoms with Crippen LogP contribution in [0.5, 0.6) is 5.75 Å². The van der Waals surface area contributed by atoms with Crippen molar-refractivity contribution < 1.29 is 27.4 Å². The molecule has 6 nitrogen and oxygen atoms in total. The van der Waals surface area contributed by atoms with Gasteiger partial charge in [0.15, 0.2) is 0 Å². The molecule has 1 unspecified atom stereocenters. The quantitative estimate of drug-likeness (QED) is 0.708. The number of hydrogen-bond acceptors (Lipinski definition) is 5. The Morgan fingerprint density at radius 2 is 1.65 bits per heavy atom. The third kappa shape index (κ3) is 6.04. The van der Waals surface area contributed by atoms with Gasteiger partial charge in [0.05, 0.1) is 19.3 Å². The van der Waals surface area contributed by atoms with Gasteiger partial charge >= 0.3 is 12.3 Å². The first-order valence-corrected chi connectivity index (χ1v) is 10.0. The van der Waals surface area contributed by atoms with Crippen LogP contribution in [0, 0.1) is 0 Å². The van der Waals surface area contributed by atoms with Gasteiger partial charge in [0, 0.05) is 44.3 Å². The molecule has 1 atom stereocenters. The maximum absolute atomic E-state index is 12.9. The fourth-order valence-electron chi connectivity index (χ4n) is 3.81. The van der Waals surface area contributed by atoms with Gasteiger partial charge in [-0.05, 0) is 42.0 Å². The Labute approximate surface area is 179 Å². The van der Waals surface area contributed by atoms with Gasteiger partial charge in [-0.3, -0.25) is 4.90 Å². The molecule has 2 N–H and O–H groups in total. The number of carbonyl (C=O) groups excluding carboxylic acids is 1. The summed E-state index contributed by atoms with van der Waals surface area (Å²) in [5.41, 5.74) is 6.20. The highest BCUT2D eigenvalue weighted by Crippen LogP contribution is 2.32. The van der Waals surface area contributed by atoms with Gasteiger partial charge in [0.2, 0.25) is 0 Å². The number of piperazine rings is 1. The Morgan fingerprint density at radius 3 is 2.16 bits per heavy atom. The fourth-order valence-corrected chi connectivity index (χ4v) is 3.81. The molecule has 1 amide bonds. The highest BCUT2D eigenvalue weighted by Gasteiger charge is 2.31. The Hall–Kier alpha value is -2.94. The summed E-state index contributed by atoms with van der Waals surface area (Å²) in [6, 6.07) is 12.8. The second-order valence-electron chi connectivity index (χ2n) is 7.31. The van der Waals surface area contributed by atoms with Crippen LogP contribution < -0.4 is 15.4 Å². The minimum absolute atomic E-state index is 0.0969. The van der Waals surface area contributed by atoms with E-state index in [4.69, 9.17) is 15.2 Å². The molecule has 0 radical (unpaired) electrons. The standard InChI is InChI=1S/C22H26F3N3O3/c1-30-19-8-6-18(7-9-19)27-11-13-28(14-12-27)20(10-15-31-21(26)29)16-2-4-17(5-3-16)22(23,24)25/h2-9,20H,10-15H2,1H3,(H2,26,29). The van der Waals surface area contributed by atoms with Crippen molar-refractivity contribution >= 4 is 11.8 Å². The number of primary amides is 1. The van der Waals surface area contributed by atoms with Gasteiger partial charge in [-0.2, -0.15) is 13.2 Å². The summed E-state index contributed by atoms with van der Waals surface area (Å²) in [5, 5.41) is 0. The van der Waals surface area contributed by atoms with E-state index in [9.17, 15) is 18.0 Å². The Morgan fingerprint density at radius 1 is 1.03 bits per heavy atom. The van der Waals surface area contributed by atoms with Gasteiger partial charge in [-0.1, -0.05) is 12.1 Å². The Kier molecular flexibility index (Phi) is 7.27. The van der Waals surface area contributed by atoms with Crippen LogP contribution in [0.3, 0.4) is 0 Å². The smallest absolute Gasteiger partial charge is 0.416 e. The number of anilines is 1. The molecule has 0 aromatic heterocycles. The molecule has 1 saturated heterocycles. The summed E-state index contributed by atoms with van der Waals surface area (Å²) in [4.78, 5) is 15.4. The van der Waals surface area contributed by atoms with Crippen LogP contribution in [0.2, 0.25) is 0 Å². The largest absolute Gasteiger partial charge is 0.497 e. The first-order chi connectivity index (χ1) is 14.8. The summed E-state index contributed by atoms with van der Waals surface area (Å²) < 4.78 is 48.9. The third-order valence-electron chi connectivity index (χ3n) is 5.45. The van der Waals surface area contributed by atoms with Gasteiger partial charge < -0.3 is 20.1 Å². The predicted octanol–water partition coefficient (Wildman–Crippen LogP) is 4.06. The van der Waals surface area contributed by atoms with Crippen LogP contribution >= 0.6 is 0 Å². The van der Waals surface area contributed by atoms with E-state index in [-0.39, 0.29) is 12.6 Å². The second kappa shape index (κ2) is 9.91. The second-order valence-corrected chi connectivity index (χ2v) is 7.31. The summed E-state index contributed by atoms with van der Waals surface area (Å²) >= 11 is 0. The molecule has 1 aliphatic heterocycles. The molecule has 1 heterocycles. The topological polar surface area (TPSA) is 68.0 Å². The number of alkyl halides is 3. The number of hydrogen-bond donors (Lipinski definition) is 1. The van der Waals surface area contributed by atoms with Crippen molar-refractivity contribution in [3.05, 3.63) is 59.7 Å². The molecule has 0 saturated carbocycles. The van der Waals surface area contributed by atoms with E-state index in [1.54, 1.807) is 7.11 Å². The number of carbonyl (C=O) groups is 1. The third-order valence-corrected chi connectivity index (χ3v) is 5.45. The molecular formula is C22H26F3N3O3. The molecule has 1 fully saturated rings. The number of amides is 1. The molecule has 31 heavy (non-hydrogen) atoms. The lowest BCUT2D eigenvalue weighted by molar-refractivity contribution is -0.137. The molecule has 0 bridgehead atoms. The van der Waals surface area contributed by atoms with E-state index in [2.05, 4.69) is 9.80 Å². The summed E-state index contributed by atoms with van der Waals surface area (Å²) in [5.74, 6) is 0.791. The van der Waals surface area contributed by atoms with Crippen LogP contribution in [-0.4, -0.2) is 50.9 Å². The van der Waals surface area contributed by atoms with E-state index in [0.29, 0.717) is 19.5 Å². The molecule has 2 aromatic rings. The molecule has 0 spiro atoms. The monoisotopic (exact) mass is 437 g/mol. The lowest BCUT2D eigenvalue weighted by atomic mass is 9.99. The minimum atomic E-state index is -4.38. The zero-order chi connectivity index (χ0) is 22.4. The molecule has 0 aliphatic carbocycles. The number of halogens is 3. The molecule has 168 valence electrons. The normalized spacial score (nSPS) is 16.1. The van der Waals surface area contributed by atoms with Crippen LogP contribution in [0.15, 0.2) is 48.5 Å². The average Bonchev–Trinajstić information content (AvgIpc) is 2.76. The summed E-state index contributed by atoms with van der Waals surface area (Å²) in [6.07, 6.45) is -4.81. The van der Waals surface area contributed by atoms with E-state index >= 15 is 0 Å². The molecule has 3 rings (SSSR count). The number of methoxy groups -OCH3 is 1. The van der Waals surface area contributed by atoms with E-state index in [0.717, 1.165) is 42.2 Å². The molecular weight excluding hydrogens is 411 g/mol. The number of nitrogens with zero attached hydrogens (tertiary/aromatic N) is 2. The van der Waals surface area contributed by atoms with Crippen molar-refractivity contribution in [1.82, 2.24) is 4.90 Å². The Bertz CT molecular complexity index is 849. The van der Waals surface area contributed by atoms with Crippen LogP contribution in [0.4, 0.5) is 23.7 Å². The van der Waals surface area contributed by atoms with Crippen LogP contribution in [0.1, 0.15) is 23.6 Å². The van der Waals surface area contributed by atoms with Gasteiger partial charge in [0.25, 0.3) is 0 Å². The average molecular weight is 437 g/mol. The molecule has 9 heteroatoms. The molecule has 1 aliphatic rings. The number of benzene rings is 2. The summed E-state index contributed by atoms with van der Waals surface area (Å²) in [6.45, 7) is 3.06. The first-order valence-electron chi connectivity index (χ1n) is 10.0. The van der Waals surface area contributed by atoms with Crippen molar-refractivity contribution in [3.8, 4) is 5.75 Å². The maximum Gasteiger partial charge on any atom is 0.416 e. The number of nitrogens with two attached hydrogens (primary N) is 1. The number of ether oxygens (including phenoxy) is 2. The number of rotatable bonds is 7. The van der Waals surface area contributed by atoms with Crippen molar-refractivity contribution in [2.45, 2.75) is 18.6 Å². The van der Waals surface area contributed by atoms with E-state index in [1.807, 2.05) is 24.3 Å². The Balaban J connectivity index is 1.69. The molecule has 2 aromatic carbocycles. The maximum atomic E-state index is 12.9.